The number of amides is 1. The number of pyridine rings is 1. The fourth-order valence-corrected chi connectivity index (χ4v) is 2.97. The predicted octanol–water partition coefficient (Wildman–Crippen LogP) is 5.34. The summed E-state index contributed by atoms with van der Waals surface area (Å²) in [7, 11) is 1.59. The maximum Gasteiger partial charge on any atom is 0.256 e. The van der Waals surface area contributed by atoms with Gasteiger partial charge in [0.15, 0.2) is 0 Å². The Labute approximate surface area is 162 Å². The van der Waals surface area contributed by atoms with E-state index >= 15 is 0 Å². The van der Waals surface area contributed by atoms with Crippen molar-refractivity contribution in [2.24, 2.45) is 0 Å². The summed E-state index contributed by atoms with van der Waals surface area (Å²) in [5, 5.41) is 3.91. The number of anilines is 1. The number of nitrogens with zero attached hydrogens (tertiary/aromatic N) is 1. The molecule has 0 bridgehead atoms. The van der Waals surface area contributed by atoms with Gasteiger partial charge < -0.3 is 14.8 Å². The van der Waals surface area contributed by atoms with Crippen molar-refractivity contribution in [3.05, 3.63) is 30.5 Å². The van der Waals surface area contributed by atoms with Crippen LogP contribution in [0.2, 0.25) is 0 Å². The molecule has 0 spiro atoms. The highest BCUT2D eigenvalue weighted by molar-refractivity contribution is 6.05. The zero-order valence-corrected chi connectivity index (χ0v) is 17.0. The Hall–Kier alpha value is -2.14. The number of ether oxygens (including phenoxy) is 2. The van der Waals surface area contributed by atoms with E-state index in [9.17, 15) is 4.79 Å². The zero-order valence-electron chi connectivity index (χ0n) is 17.0. The average molecular weight is 373 g/mol. The first kappa shape index (κ1) is 21.2. The molecule has 1 aromatic carbocycles. The van der Waals surface area contributed by atoms with E-state index in [0.717, 1.165) is 54.4 Å². The summed E-state index contributed by atoms with van der Waals surface area (Å²) in [5.41, 5.74) is 0.640. The van der Waals surface area contributed by atoms with Crippen LogP contribution in [0.25, 0.3) is 10.9 Å². The summed E-state index contributed by atoms with van der Waals surface area (Å²) in [6, 6.07) is 7.57. The van der Waals surface area contributed by atoms with Gasteiger partial charge in [-0.05, 0) is 44.0 Å². The molecule has 148 valence electrons. The van der Waals surface area contributed by atoms with E-state index in [-0.39, 0.29) is 5.91 Å². The van der Waals surface area contributed by atoms with E-state index < -0.39 is 5.60 Å². The monoisotopic (exact) mass is 372 g/mol. The Balaban J connectivity index is 2.23. The normalized spacial score (nSPS) is 13.3. The largest absolute Gasteiger partial charge is 0.491 e. The minimum Gasteiger partial charge on any atom is -0.491 e. The number of nitrogens with one attached hydrogen (secondary N) is 1. The van der Waals surface area contributed by atoms with Crippen LogP contribution in [0.4, 0.5) is 5.69 Å². The second-order valence-electron chi connectivity index (χ2n) is 7.06. The predicted molar refractivity (Wildman–Crippen MR) is 110 cm³/mol. The maximum atomic E-state index is 12.9. The number of fused-ring (bicyclic) bond motifs is 1. The number of carbonyl (C=O) groups is 1. The van der Waals surface area contributed by atoms with Crippen LogP contribution < -0.4 is 10.1 Å². The van der Waals surface area contributed by atoms with Crippen molar-refractivity contribution in [1.82, 2.24) is 4.98 Å². The second-order valence-corrected chi connectivity index (χ2v) is 7.06. The number of hydrogen-bond donors (Lipinski definition) is 1. The summed E-state index contributed by atoms with van der Waals surface area (Å²) in [5.74, 6) is 0.611. The van der Waals surface area contributed by atoms with E-state index in [4.69, 9.17) is 9.47 Å². The topological polar surface area (TPSA) is 60.5 Å². The van der Waals surface area contributed by atoms with Gasteiger partial charge in [0.1, 0.15) is 16.9 Å². The van der Waals surface area contributed by atoms with Gasteiger partial charge >= 0.3 is 0 Å². The van der Waals surface area contributed by atoms with E-state index in [2.05, 4.69) is 24.1 Å². The lowest BCUT2D eigenvalue weighted by Crippen LogP contribution is -2.42. The van der Waals surface area contributed by atoms with Gasteiger partial charge in [0.2, 0.25) is 0 Å². The molecule has 27 heavy (non-hydrogen) atoms. The van der Waals surface area contributed by atoms with Crippen LogP contribution in [0.5, 0.6) is 5.75 Å². The van der Waals surface area contributed by atoms with Crippen LogP contribution >= 0.6 is 0 Å². The summed E-state index contributed by atoms with van der Waals surface area (Å²) in [6.45, 7) is 6.78. The van der Waals surface area contributed by atoms with Gasteiger partial charge in [-0.15, -0.1) is 0 Å². The standard InChI is InChI=1S/C22H32N2O3/c1-5-7-9-14-22(3,26-4)21(25)24-18-12-13-19(27-16-8-6-2)20-17(18)11-10-15-23-20/h10-13,15H,5-9,14,16H2,1-4H3,(H,24,25). The molecule has 5 heteroatoms. The minimum atomic E-state index is -0.847. The smallest absolute Gasteiger partial charge is 0.256 e. The molecule has 5 nitrogen and oxygen atoms in total. The molecule has 2 rings (SSSR count). The van der Waals surface area contributed by atoms with Crippen LogP contribution in [0.3, 0.4) is 0 Å². The Bertz CT molecular complexity index is 747. The van der Waals surface area contributed by atoms with Crippen molar-refractivity contribution >= 4 is 22.5 Å². The lowest BCUT2D eigenvalue weighted by molar-refractivity contribution is -0.136. The van der Waals surface area contributed by atoms with Crippen molar-refractivity contribution in [2.45, 2.75) is 64.9 Å². The molecule has 0 aliphatic rings. The third-order valence-electron chi connectivity index (χ3n) is 4.92. The third kappa shape index (κ3) is 5.42. The van der Waals surface area contributed by atoms with Crippen LogP contribution in [0.15, 0.2) is 30.5 Å². The summed E-state index contributed by atoms with van der Waals surface area (Å²) in [4.78, 5) is 17.4. The quantitative estimate of drug-likeness (QED) is 0.541. The molecular weight excluding hydrogens is 340 g/mol. The number of methoxy groups -OCH3 is 1. The van der Waals surface area contributed by atoms with Gasteiger partial charge in [-0.25, -0.2) is 0 Å². The van der Waals surface area contributed by atoms with Gasteiger partial charge in [-0.3, -0.25) is 9.78 Å². The molecule has 1 amide bonds. The number of unbranched alkanes of at least 4 members (excludes halogenated alkanes) is 3. The van der Waals surface area contributed by atoms with Crippen LogP contribution in [0.1, 0.15) is 59.3 Å². The fraction of sp³-hybridized carbons (Fsp3) is 0.545. The second kappa shape index (κ2) is 10.3. The zero-order chi connectivity index (χ0) is 19.7. The molecular formula is C22H32N2O3. The third-order valence-corrected chi connectivity index (χ3v) is 4.92. The number of rotatable bonds is 11. The van der Waals surface area contributed by atoms with Gasteiger partial charge in [-0.1, -0.05) is 39.5 Å². The summed E-state index contributed by atoms with van der Waals surface area (Å²) in [6.07, 6.45) is 7.66. The first-order valence-electron chi connectivity index (χ1n) is 9.92. The van der Waals surface area contributed by atoms with E-state index in [1.54, 1.807) is 13.3 Å². The molecule has 0 saturated heterocycles. The Morgan fingerprint density at radius 1 is 1.15 bits per heavy atom. The number of carbonyl (C=O) groups excluding carboxylic acids is 1. The van der Waals surface area contributed by atoms with Crippen molar-refractivity contribution in [2.75, 3.05) is 19.0 Å². The van der Waals surface area contributed by atoms with E-state index in [1.165, 1.54) is 0 Å². The number of benzene rings is 1. The first-order chi connectivity index (χ1) is 13.1. The van der Waals surface area contributed by atoms with Crippen molar-refractivity contribution in [3.8, 4) is 5.75 Å². The molecule has 1 unspecified atom stereocenters. The molecule has 1 atom stereocenters. The molecule has 1 heterocycles. The van der Waals surface area contributed by atoms with Gasteiger partial charge in [-0.2, -0.15) is 0 Å². The molecule has 0 saturated carbocycles. The molecule has 0 aliphatic carbocycles. The molecule has 0 fully saturated rings. The Morgan fingerprint density at radius 3 is 2.63 bits per heavy atom. The van der Waals surface area contributed by atoms with Gasteiger partial charge in [0.05, 0.1) is 12.3 Å². The van der Waals surface area contributed by atoms with Crippen LogP contribution in [-0.2, 0) is 9.53 Å². The Kier molecular flexibility index (Phi) is 8.04. The molecule has 1 N–H and O–H groups in total. The summed E-state index contributed by atoms with van der Waals surface area (Å²) < 4.78 is 11.4. The number of aromatic nitrogens is 1. The number of hydrogen-bond acceptors (Lipinski definition) is 4. The summed E-state index contributed by atoms with van der Waals surface area (Å²) >= 11 is 0. The van der Waals surface area contributed by atoms with Gasteiger partial charge in [0.25, 0.3) is 5.91 Å². The van der Waals surface area contributed by atoms with E-state index in [0.29, 0.717) is 13.0 Å². The van der Waals surface area contributed by atoms with Crippen molar-refractivity contribution < 1.29 is 14.3 Å². The van der Waals surface area contributed by atoms with E-state index in [1.807, 2.05) is 31.2 Å². The minimum absolute atomic E-state index is 0.133. The van der Waals surface area contributed by atoms with Crippen molar-refractivity contribution in [1.29, 1.82) is 0 Å². The highest BCUT2D eigenvalue weighted by Crippen LogP contribution is 2.31. The SMILES string of the molecule is CCCCCC(C)(OC)C(=O)Nc1ccc(OCCCC)c2ncccc12. The molecule has 0 aliphatic heterocycles. The molecule has 1 aromatic heterocycles. The van der Waals surface area contributed by atoms with Gasteiger partial charge in [0, 0.05) is 18.7 Å². The highest BCUT2D eigenvalue weighted by atomic mass is 16.5. The molecule has 0 radical (unpaired) electrons. The Morgan fingerprint density at radius 2 is 1.93 bits per heavy atom. The van der Waals surface area contributed by atoms with Crippen LogP contribution in [0, 0.1) is 0 Å². The first-order valence-corrected chi connectivity index (χ1v) is 9.92. The fourth-order valence-electron chi connectivity index (χ4n) is 2.97. The average Bonchev–Trinajstić information content (AvgIpc) is 2.69. The van der Waals surface area contributed by atoms with Crippen LogP contribution in [-0.4, -0.2) is 30.2 Å². The lowest BCUT2D eigenvalue weighted by Gasteiger charge is -2.27. The maximum absolute atomic E-state index is 12.9. The molecule has 2 aromatic rings. The van der Waals surface area contributed by atoms with Crippen molar-refractivity contribution in [3.63, 3.8) is 0 Å². The lowest BCUT2D eigenvalue weighted by atomic mass is 9.96. The highest BCUT2D eigenvalue weighted by Gasteiger charge is 2.32.